The lowest BCUT2D eigenvalue weighted by Crippen LogP contribution is -2.62. The first-order chi connectivity index (χ1) is 9.71. The molecule has 4 nitrogen and oxygen atoms in total. The van der Waals surface area contributed by atoms with Gasteiger partial charge in [-0.3, -0.25) is 4.79 Å². The lowest BCUT2D eigenvalue weighted by molar-refractivity contribution is -0.162. The highest BCUT2D eigenvalue weighted by atomic mass is 16.5. The molecule has 1 N–H and O–H groups in total. The fourth-order valence-corrected chi connectivity index (χ4v) is 3.27. The van der Waals surface area contributed by atoms with Crippen LogP contribution in [0.1, 0.15) is 24.0 Å². The number of aryl methyl sites for hydroxylation is 1. The molecule has 20 heavy (non-hydrogen) atoms. The van der Waals surface area contributed by atoms with Crippen LogP contribution >= 0.6 is 0 Å². The van der Waals surface area contributed by atoms with E-state index in [2.05, 4.69) is 29.3 Å². The molecule has 108 valence electrons. The number of nitrogens with zero attached hydrogens (tertiary/aromatic N) is 1. The van der Waals surface area contributed by atoms with Crippen LogP contribution < -0.4 is 5.32 Å². The van der Waals surface area contributed by atoms with E-state index in [-0.39, 0.29) is 18.1 Å². The molecule has 2 saturated heterocycles. The van der Waals surface area contributed by atoms with Crippen LogP contribution in [-0.2, 0) is 16.1 Å². The zero-order valence-corrected chi connectivity index (χ0v) is 12.0. The topological polar surface area (TPSA) is 41.6 Å². The highest BCUT2D eigenvalue weighted by molar-refractivity contribution is 5.79. The lowest BCUT2D eigenvalue weighted by atomic mass is 9.85. The van der Waals surface area contributed by atoms with Gasteiger partial charge in [-0.15, -0.1) is 0 Å². The van der Waals surface area contributed by atoms with E-state index in [1.807, 2.05) is 12.1 Å². The van der Waals surface area contributed by atoms with Crippen molar-refractivity contribution in [2.75, 3.05) is 26.3 Å². The predicted molar refractivity (Wildman–Crippen MR) is 77.4 cm³/mol. The number of morpholine rings is 1. The second kappa shape index (κ2) is 5.54. The Morgan fingerprint density at radius 3 is 2.80 bits per heavy atom. The van der Waals surface area contributed by atoms with E-state index in [0.717, 1.165) is 25.9 Å². The van der Waals surface area contributed by atoms with E-state index in [9.17, 15) is 4.79 Å². The quantitative estimate of drug-likeness (QED) is 0.888. The minimum atomic E-state index is -0.108. The number of hydrogen-bond acceptors (Lipinski definition) is 3. The molecule has 4 heteroatoms. The molecule has 0 unspecified atom stereocenters. The van der Waals surface area contributed by atoms with Gasteiger partial charge in [0.15, 0.2) is 0 Å². The Balaban J connectivity index is 1.87. The molecule has 2 heterocycles. The highest BCUT2D eigenvalue weighted by Crippen LogP contribution is 2.31. The molecule has 1 aromatic rings. The van der Waals surface area contributed by atoms with Gasteiger partial charge in [-0.25, -0.2) is 0 Å². The van der Waals surface area contributed by atoms with Crippen molar-refractivity contribution >= 4 is 5.91 Å². The highest BCUT2D eigenvalue weighted by Gasteiger charge is 2.43. The molecule has 1 spiro atoms. The van der Waals surface area contributed by atoms with E-state index in [1.54, 1.807) is 0 Å². The SMILES string of the molecule is Cc1ccccc1CN1C(=O)COCC12CCNCC2. The van der Waals surface area contributed by atoms with Crippen LogP contribution in [0.2, 0.25) is 0 Å². The number of carbonyl (C=O) groups excluding carboxylic acids is 1. The van der Waals surface area contributed by atoms with Gasteiger partial charge >= 0.3 is 0 Å². The predicted octanol–water partition coefficient (Wildman–Crippen LogP) is 1.48. The lowest BCUT2D eigenvalue weighted by Gasteiger charge is -2.49. The number of benzene rings is 1. The van der Waals surface area contributed by atoms with E-state index in [0.29, 0.717) is 13.2 Å². The number of carbonyl (C=O) groups is 1. The molecule has 1 aromatic carbocycles. The summed E-state index contributed by atoms with van der Waals surface area (Å²) in [5.74, 6) is 0.126. The van der Waals surface area contributed by atoms with Gasteiger partial charge in [-0.1, -0.05) is 24.3 Å². The minimum Gasteiger partial charge on any atom is -0.369 e. The third-order valence-corrected chi connectivity index (χ3v) is 4.59. The van der Waals surface area contributed by atoms with Crippen molar-refractivity contribution < 1.29 is 9.53 Å². The third kappa shape index (κ3) is 2.45. The zero-order valence-electron chi connectivity index (χ0n) is 12.0. The van der Waals surface area contributed by atoms with Crippen molar-refractivity contribution in [1.82, 2.24) is 10.2 Å². The van der Waals surface area contributed by atoms with Gasteiger partial charge in [-0.2, -0.15) is 0 Å². The van der Waals surface area contributed by atoms with Gasteiger partial charge in [0.2, 0.25) is 5.91 Å². The molecular weight excluding hydrogens is 252 g/mol. The molecular formula is C16H22N2O2. The number of piperidine rings is 1. The third-order valence-electron chi connectivity index (χ3n) is 4.59. The Labute approximate surface area is 120 Å². The number of ether oxygens (including phenoxy) is 1. The molecule has 0 atom stereocenters. The number of hydrogen-bond donors (Lipinski definition) is 1. The summed E-state index contributed by atoms with van der Waals surface area (Å²) in [6, 6.07) is 8.31. The summed E-state index contributed by atoms with van der Waals surface area (Å²) >= 11 is 0. The Kier molecular flexibility index (Phi) is 3.76. The van der Waals surface area contributed by atoms with Crippen LogP contribution in [0.3, 0.4) is 0 Å². The largest absolute Gasteiger partial charge is 0.369 e. The van der Waals surface area contributed by atoms with Crippen LogP contribution in [0, 0.1) is 6.92 Å². The van der Waals surface area contributed by atoms with Gasteiger partial charge in [0.05, 0.1) is 12.1 Å². The van der Waals surface area contributed by atoms with Crippen molar-refractivity contribution in [3.63, 3.8) is 0 Å². The number of amides is 1. The minimum absolute atomic E-state index is 0.108. The van der Waals surface area contributed by atoms with Crippen LogP contribution in [0.5, 0.6) is 0 Å². The van der Waals surface area contributed by atoms with Crippen LogP contribution in [0.25, 0.3) is 0 Å². The number of rotatable bonds is 2. The standard InChI is InChI=1S/C16H22N2O2/c1-13-4-2-3-5-14(13)10-18-15(19)11-20-12-16(18)6-8-17-9-7-16/h2-5,17H,6-12H2,1H3. The Morgan fingerprint density at radius 2 is 2.05 bits per heavy atom. The zero-order chi connectivity index (χ0) is 14.0. The molecule has 1 amide bonds. The molecule has 3 rings (SSSR count). The van der Waals surface area contributed by atoms with E-state index in [1.165, 1.54) is 11.1 Å². The van der Waals surface area contributed by atoms with E-state index < -0.39 is 0 Å². The summed E-state index contributed by atoms with van der Waals surface area (Å²) < 4.78 is 5.55. The van der Waals surface area contributed by atoms with Gasteiger partial charge in [0.1, 0.15) is 6.61 Å². The first kappa shape index (κ1) is 13.6. The van der Waals surface area contributed by atoms with E-state index >= 15 is 0 Å². The van der Waals surface area contributed by atoms with Gasteiger partial charge in [-0.05, 0) is 44.0 Å². The van der Waals surface area contributed by atoms with Crippen LogP contribution in [0.4, 0.5) is 0 Å². The Bertz CT molecular complexity index is 489. The van der Waals surface area contributed by atoms with Gasteiger partial charge in [0.25, 0.3) is 0 Å². The first-order valence-corrected chi connectivity index (χ1v) is 7.35. The van der Waals surface area contributed by atoms with Crippen LogP contribution in [-0.4, -0.2) is 42.6 Å². The maximum atomic E-state index is 12.4. The van der Waals surface area contributed by atoms with Crippen molar-refractivity contribution in [2.45, 2.75) is 31.8 Å². The summed E-state index contributed by atoms with van der Waals surface area (Å²) in [7, 11) is 0. The summed E-state index contributed by atoms with van der Waals surface area (Å²) in [5, 5.41) is 3.37. The van der Waals surface area contributed by atoms with Gasteiger partial charge < -0.3 is 15.0 Å². The average Bonchev–Trinajstić information content (AvgIpc) is 2.46. The molecule has 0 radical (unpaired) electrons. The summed E-state index contributed by atoms with van der Waals surface area (Å²) in [6.07, 6.45) is 1.95. The smallest absolute Gasteiger partial charge is 0.249 e. The van der Waals surface area contributed by atoms with Gasteiger partial charge in [0, 0.05) is 6.54 Å². The second-order valence-corrected chi connectivity index (χ2v) is 5.87. The van der Waals surface area contributed by atoms with E-state index in [4.69, 9.17) is 4.74 Å². The van der Waals surface area contributed by atoms with Crippen molar-refractivity contribution in [3.05, 3.63) is 35.4 Å². The molecule has 2 aliphatic heterocycles. The van der Waals surface area contributed by atoms with Crippen LogP contribution in [0.15, 0.2) is 24.3 Å². The average molecular weight is 274 g/mol. The Hall–Kier alpha value is -1.39. The summed E-state index contributed by atoms with van der Waals surface area (Å²) in [4.78, 5) is 14.4. The molecule has 2 aliphatic rings. The molecule has 0 aliphatic carbocycles. The molecule has 0 aromatic heterocycles. The fourth-order valence-electron chi connectivity index (χ4n) is 3.27. The molecule has 0 bridgehead atoms. The molecule has 0 saturated carbocycles. The first-order valence-electron chi connectivity index (χ1n) is 7.35. The maximum Gasteiger partial charge on any atom is 0.249 e. The monoisotopic (exact) mass is 274 g/mol. The molecule has 2 fully saturated rings. The Morgan fingerprint density at radius 1 is 1.30 bits per heavy atom. The number of nitrogens with one attached hydrogen (secondary N) is 1. The summed E-state index contributed by atoms with van der Waals surface area (Å²) in [5.41, 5.74) is 2.37. The summed E-state index contributed by atoms with van der Waals surface area (Å²) in [6.45, 7) is 5.62. The maximum absolute atomic E-state index is 12.4. The van der Waals surface area contributed by atoms with Crippen molar-refractivity contribution in [2.24, 2.45) is 0 Å². The van der Waals surface area contributed by atoms with Crippen molar-refractivity contribution in [1.29, 1.82) is 0 Å². The fraction of sp³-hybridized carbons (Fsp3) is 0.562. The van der Waals surface area contributed by atoms with Crippen molar-refractivity contribution in [3.8, 4) is 0 Å². The second-order valence-electron chi connectivity index (χ2n) is 5.87. The normalized spacial score (nSPS) is 22.2.